The predicted molar refractivity (Wildman–Crippen MR) is 257 cm³/mol. The van der Waals surface area contributed by atoms with Gasteiger partial charge in [-0.05, 0) is 99.0 Å². The van der Waals surface area contributed by atoms with Gasteiger partial charge in [0.1, 0.15) is 6.04 Å². The van der Waals surface area contributed by atoms with Crippen LogP contribution in [0.3, 0.4) is 0 Å². The van der Waals surface area contributed by atoms with Crippen LogP contribution in [0, 0.1) is 22.7 Å². The third kappa shape index (κ3) is 7.46. The molecule has 66 heavy (non-hydrogen) atoms. The van der Waals surface area contributed by atoms with E-state index in [9.17, 15) is 9.59 Å². The van der Waals surface area contributed by atoms with Gasteiger partial charge >= 0.3 is 12.0 Å². The number of aliphatic imine (C=N–C) groups is 1. The summed E-state index contributed by atoms with van der Waals surface area (Å²) in [5, 5.41) is 3.66. The minimum absolute atomic E-state index is 0.0249. The van der Waals surface area contributed by atoms with Crippen molar-refractivity contribution in [1.29, 1.82) is 0 Å². The number of Topliss-reactive ketones (excluding diaryl/α,β-unsaturated/α-hetero) is 1. The number of piperidine rings is 1. The molecule has 14 nitrogen and oxygen atoms in total. The van der Waals surface area contributed by atoms with E-state index in [0.29, 0.717) is 66.9 Å². The van der Waals surface area contributed by atoms with E-state index in [-0.39, 0.29) is 59.4 Å². The Morgan fingerprint density at radius 2 is 1.89 bits per heavy atom. The maximum Gasteiger partial charge on any atom is 0.324 e. The molecule has 352 valence electrons. The number of nitrogens with one attached hydrogen (secondary N) is 1. The van der Waals surface area contributed by atoms with E-state index in [1.165, 1.54) is 5.56 Å². The topological polar surface area (TPSA) is 142 Å². The van der Waals surface area contributed by atoms with E-state index in [0.717, 1.165) is 57.2 Å². The molecule has 1 saturated carbocycles. The lowest BCUT2D eigenvalue weighted by molar-refractivity contribution is -0.165. The van der Waals surface area contributed by atoms with E-state index >= 15 is 9.59 Å². The molecule has 1 aliphatic carbocycles. The van der Waals surface area contributed by atoms with E-state index in [4.69, 9.17) is 19.5 Å². The number of ketones is 1. The Balaban J connectivity index is 1.04. The molecule has 8 bridgehead atoms. The van der Waals surface area contributed by atoms with Crippen molar-refractivity contribution >= 4 is 60.9 Å². The molecule has 8 aliphatic rings. The van der Waals surface area contributed by atoms with Crippen molar-refractivity contribution in [2.45, 2.75) is 128 Å². The van der Waals surface area contributed by atoms with Crippen molar-refractivity contribution in [3.05, 3.63) is 53.3 Å². The number of hydrazine groups is 1. The number of likely N-dealkylation sites (N-methyl/N-ethyl adjacent to an activating group) is 2. The summed E-state index contributed by atoms with van der Waals surface area (Å²) >= 11 is 1.70. The predicted octanol–water partition coefficient (Wildman–Crippen LogP) is 6.57. The Labute approximate surface area is 395 Å². The molecule has 16 heteroatoms. The van der Waals surface area contributed by atoms with Crippen molar-refractivity contribution < 1.29 is 28.7 Å². The summed E-state index contributed by atoms with van der Waals surface area (Å²) in [5.74, 6) is -0.537. The van der Waals surface area contributed by atoms with E-state index < -0.39 is 28.8 Å². The van der Waals surface area contributed by atoms with Crippen LogP contribution in [0.25, 0.3) is 22.2 Å². The standard InChI is InChI=1S/C50H66N8O6SSi/c1-10-57-37-16-15-29-19-33(37)34(42(57)32-13-11-17-51-40(32)28(4)63-9)21-49(5,6)26-64-46(60)35-14-12-18-58(53-35)47(61)50(22-38-52-36(29)25-65-38)39(44-45(50)66-44)43(59)41(27(2)3)55(8)48(62)56-23-30-20-31(24-56)54(30)7/h11,13,15-17,19,27-28,30-31,35-36,39,41,44-45,53H,10,12,14,18,20-26H2,1-9H3/t28-,30?,31?,35-,36?,39?,41-,44?,45?,50?/m0/s1. The molecule has 3 aromatic rings. The first-order chi connectivity index (χ1) is 31.6. The smallest absolute Gasteiger partial charge is 0.324 e. The second-order valence-electron chi connectivity index (χ2n) is 21.2. The molecule has 5 saturated heterocycles. The third-order valence-electron chi connectivity index (χ3n) is 16.1. The van der Waals surface area contributed by atoms with Crippen LogP contribution in [-0.4, -0.2) is 145 Å². The zero-order chi connectivity index (χ0) is 46.6. The number of pyridine rings is 1. The number of piperazine rings is 1. The lowest BCUT2D eigenvalue weighted by Gasteiger charge is -2.55. The minimum atomic E-state index is -1.04. The molecular weight excluding hydrogens is 869 g/mol. The highest BCUT2D eigenvalue weighted by Gasteiger charge is 2.78. The molecule has 10 atom stereocenters. The summed E-state index contributed by atoms with van der Waals surface area (Å²) in [4.78, 5) is 75.5. The number of esters is 1. The molecule has 2 radical (unpaired) electrons. The normalized spacial score (nSPS) is 31.4. The van der Waals surface area contributed by atoms with Gasteiger partial charge < -0.3 is 23.8 Å². The Morgan fingerprint density at radius 3 is 2.61 bits per heavy atom. The van der Waals surface area contributed by atoms with E-state index in [1.807, 2.05) is 37.9 Å². The SMILES string of the molecule is CCn1c(-c2cccnc2[C@H](C)OC)c2c3cc(ccc31)C1CSC(=N1)CC1(C(=O)N3CCC[C@H](N3)C(=O)OCC(C)(C)C2)C2[Si]C2C1C(=O)[C@H](C(C)C)N(C)C(=O)N1CC2CC(C1)N2C. The molecule has 6 fully saturated rings. The number of aryl methyl sites for hydroxylation is 1. The van der Waals surface area contributed by atoms with Crippen LogP contribution in [-0.2, 0) is 36.8 Å². The van der Waals surface area contributed by atoms with Crippen LogP contribution in [0.15, 0.2) is 41.5 Å². The molecule has 11 rings (SSSR count). The summed E-state index contributed by atoms with van der Waals surface area (Å²) in [7, 11) is 6.08. The number of ether oxygens (including phenoxy) is 2. The van der Waals surface area contributed by atoms with Gasteiger partial charge in [-0.15, -0.1) is 11.8 Å². The largest absolute Gasteiger partial charge is 0.464 e. The Hall–Kier alpha value is -4.09. The lowest BCUT2D eigenvalue weighted by Crippen LogP contribution is -2.69. The summed E-state index contributed by atoms with van der Waals surface area (Å²) in [5.41, 5.74) is 8.33. The molecule has 9 heterocycles. The molecule has 7 aliphatic heterocycles. The minimum Gasteiger partial charge on any atom is -0.464 e. The monoisotopic (exact) mass is 934 g/mol. The number of carbonyl (C=O) groups excluding carboxylic acids is 4. The molecule has 3 amide bonds. The van der Waals surface area contributed by atoms with Gasteiger partial charge in [0.25, 0.3) is 0 Å². The first-order valence-electron chi connectivity index (χ1n) is 24.2. The average molecular weight is 935 g/mol. The molecule has 1 spiro atoms. The van der Waals surface area contributed by atoms with Gasteiger partial charge in [-0.2, -0.15) is 0 Å². The number of rotatable bonds is 8. The summed E-state index contributed by atoms with van der Waals surface area (Å²) in [6.45, 7) is 15.2. The quantitative estimate of drug-likeness (QED) is 0.195. The fourth-order valence-corrected chi connectivity index (χ4v) is 15.8. The summed E-state index contributed by atoms with van der Waals surface area (Å²) in [6, 6.07) is 9.90. The maximum atomic E-state index is 15.5. The number of hydrogen-bond acceptors (Lipinski definition) is 11. The first-order valence-corrected chi connectivity index (χ1v) is 26.3. The van der Waals surface area contributed by atoms with Crippen LogP contribution in [0.2, 0.25) is 11.1 Å². The highest BCUT2D eigenvalue weighted by Crippen LogP contribution is 2.77. The molecule has 1 N–H and O–H groups in total. The number of carbonyl (C=O) groups is 4. The van der Waals surface area contributed by atoms with Gasteiger partial charge in [0.2, 0.25) is 5.91 Å². The zero-order valence-electron chi connectivity index (χ0n) is 40.0. The number of cyclic esters (lactones) is 1. The lowest BCUT2D eigenvalue weighted by atomic mass is 9.55. The number of hydrogen-bond donors (Lipinski definition) is 1. The van der Waals surface area contributed by atoms with Crippen LogP contribution < -0.4 is 5.43 Å². The van der Waals surface area contributed by atoms with Gasteiger partial charge in [0.15, 0.2) is 5.78 Å². The fraction of sp³-hybridized carbons (Fsp3) is 0.640. The van der Waals surface area contributed by atoms with Gasteiger partial charge in [0.05, 0.1) is 46.6 Å². The van der Waals surface area contributed by atoms with E-state index in [1.54, 1.807) is 35.8 Å². The van der Waals surface area contributed by atoms with Gasteiger partial charge in [-0.25, -0.2) is 10.2 Å². The summed E-state index contributed by atoms with van der Waals surface area (Å²) in [6.07, 6.45) is 4.83. The number of urea groups is 1. The fourth-order valence-electron chi connectivity index (χ4n) is 12.5. The third-order valence-corrected chi connectivity index (χ3v) is 19.1. The van der Waals surface area contributed by atoms with E-state index in [2.05, 4.69) is 67.0 Å². The summed E-state index contributed by atoms with van der Waals surface area (Å²) < 4.78 is 14.5. The molecule has 1 aromatic carbocycles. The van der Waals surface area contributed by atoms with Crippen molar-refractivity contribution in [3.8, 4) is 11.3 Å². The van der Waals surface area contributed by atoms with Crippen LogP contribution in [0.4, 0.5) is 4.79 Å². The van der Waals surface area contributed by atoms with Gasteiger partial charge in [-0.3, -0.25) is 34.3 Å². The van der Waals surface area contributed by atoms with Crippen LogP contribution in [0.1, 0.15) is 96.2 Å². The van der Waals surface area contributed by atoms with Crippen molar-refractivity contribution in [2.24, 2.45) is 27.7 Å². The Bertz CT molecular complexity index is 2480. The second-order valence-corrected chi connectivity index (χ2v) is 23.9. The first kappa shape index (κ1) is 45.7. The number of nitrogens with zero attached hydrogens (tertiary/aromatic N) is 7. The zero-order valence-corrected chi connectivity index (χ0v) is 41.8. The second kappa shape index (κ2) is 17.1. The number of fused-ring (bicyclic) bond motifs is 9. The number of thioether (sulfide) groups is 1. The highest BCUT2D eigenvalue weighted by molar-refractivity contribution is 8.14. The van der Waals surface area contributed by atoms with Crippen LogP contribution in [0.5, 0.6) is 0 Å². The number of benzene rings is 1. The molecule has 7 unspecified atom stereocenters. The van der Waals surface area contributed by atoms with Crippen LogP contribution >= 0.6 is 11.8 Å². The maximum absolute atomic E-state index is 15.5. The number of amides is 3. The van der Waals surface area contributed by atoms with Gasteiger partial charge in [0, 0.05) is 108 Å². The Morgan fingerprint density at radius 1 is 1.12 bits per heavy atom. The van der Waals surface area contributed by atoms with Crippen molar-refractivity contribution in [1.82, 2.24) is 34.7 Å². The highest BCUT2D eigenvalue weighted by atomic mass is 32.2. The number of methoxy groups -OCH3 is 1. The number of aromatic nitrogens is 2. The Kier molecular flexibility index (Phi) is 11.9. The van der Waals surface area contributed by atoms with Crippen molar-refractivity contribution in [2.75, 3.05) is 53.2 Å². The molecular formula is C50H66N8O6SSi. The van der Waals surface area contributed by atoms with Gasteiger partial charge in [-0.1, -0.05) is 33.8 Å². The average Bonchev–Trinajstić information content (AvgIpc) is 3.71. The van der Waals surface area contributed by atoms with Crippen molar-refractivity contribution in [3.63, 3.8) is 0 Å². The molecule has 2 aromatic heterocycles.